The van der Waals surface area contributed by atoms with E-state index in [9.17, 15) is 4.79 Å². The summed E-state index contributed by atoms with van der Waals surface area (Å²) in [5.74, 6) is 1.85. The summed E-state index contributed by atoms with van der Waals surface area (Å²) in [5.41, 5.74) is 2.94. The lowest BCUT2D eigenvalue weighted by atomic mass is 10.2. The van der Waals surface area contributed by atoms with Crippen LogP contribution in [-0.4, -0.2) is 43.5 Å². The molecule has 0 spiro atoms. The molecule has 33 heavy (non-hydrogen) atoms. The molecule has 2 heterocycles. The minimum atomic E-state index is -0.322. The summed E-state index contributed by atoms with van der Waals surface area (Å²) < 4.78 is 27.0. The fourth-order valence-corrected chi connectivity index (χ4v) is 2.93. The number of hydrogen-bond acceptors (Lipinski definition) is 8. The highest BCUT2D eigenvalue weighted by atomic mass is 16.5. The summed E-state index contributed by atoms with van der Waals surface area (Å²) in [7, 11) is 3.15. The number of nitrogens with zero attached hydrogens (tertiary/aromatic N) is 2. The van der Waals surface area contributed by atoms with Crippen LogP contribution in [-0.2, 0) is 16.1 Å². The lowest BCUT2D eigenvalue weighted by Gasteiger charge is -2.11. The van der Waals surface area contributed by atoms with Gasteiger partial charge in [-0.1, -0.05) is 11.2 Å². The first-order chi connectivity index (χ1) is 16.0. The Balaban J connectivity index is 1.63. The number of hydrogen-bond donors (Lipinski definition) is 1. The molecule has 0 aliphatic heterocycles. The predicted molar refractivity (Wildman–Crippen MR) is 123 cm³/mol. The van der Waals surface area contributed by atoms with Crippen molar-refractivity contribution in [3.05, 3.63) is 65.2 Å². The molecular weight excluding hydrogens is 426 g/mol. The van der Waals surface area contributed by atoms with E-state index in [-0.39, 0.29) is 5.91 Å². The molecule has 0 radical (unpaired) electrons. The molecule has 1 aromatic carbocycles. The summed E-state index contributed by atoms with van der Waals surface area (Å²) in [5, 5.41) is 6.70. The fourth-order valence-electron chi connectivity index (χ4n) is 2.93. The van der Waals surface area contributed by atoms with Gasteiger partial charge in [-0.25, -0.2) is 4.98 Å². The molecule has 3 aromatic rings. The molecule has 0 aliphatic rings. The van der Waals surface area contributed by atoms with E-state index in [0.717, 1.165) is 22.6 Å². The molecule has 0 atom stereocenters. The van der Waals surface area contributed by atoms with Crippen molar-refractivity contribution in [1.82, 2.24) is 10.1 Å². The number of ether oxygens (including phenoxy) is 4. The molecule has 0 bridgehead atoms. The third-order valence-corrected chi connectivity index (χ3v) is 4.72. The number of anilines is 1. The monoisotopic (exact) mass is 453 g/mol. The van der Waals surface area contributed by atoms with Crippen LogP contribution in [0.2, 0.25) is 0 Å². The molecule has 2 aromatic heterocycles. The Labute approximate surface area is 192 Å². The number of methoxy groups -OCH3 is 2. The highest BCUT2D eigenvalue weighted by Crippen LogP contribution is 2.30. The third-order valence-electron chi connectivity index (χ3n) is 4.72. The molecule has 0 fully saturated rings. The molecule has 9 heteroatoms. The topological polar surface area (TPSA) is 105 Å². The SMILES string of the molecule is COCCOc1ncccc1NC(=O)/C=C/c1ccc(OCc2c(C)noc2C)c(OC)c1. The van der Waals surface area contributed by atoms with Crippen LogP contribution in [0.4, 0.5) is 5.69 Å². The first kappa shape index (κ1) is 23.8. The second-order valence-corrected chi connectivity index (χ2v) is 7.02. The minimum Gasteiger partial charge on any atom is -0.493 e. The molecule has 0 saturated carbocycles. The Bertz CT molecular complexity index is 1090. The summed E-state index contributed by atoms with van der Waals surface area (Å²) in [6.07, 6.45) is 4.69. The maximum absolute atomic E-state index is 12.4. The van der Waals surface area contributed by atoms with Gasteiger partial charge in [0, 0.05) is 19.4 Å². The van der Waals surface area contributed by atoms with Crippen LogP contribution < -0.4 is 19.5 Å². The van der Waals surface area contributed by atoms with Crippen molar-refractivity contribution in [2.24, 2.45) is 0 Å². The first-order valence-corrected chi connectivity index (χ1v) is 10.3. The van der Waals surface area contributed by atoms with E-state index in [1.165, 1.54) is 6.08 Å². The third kappa shape index (κ3) is 6.56. The van der Waals surface area contributed by atoms with E-state index in [0.29, 0.717) is 42.9 Å². The van der Waals surface area contributed by atoms with Crippen molar-refractivity contribution in [3.63, 3.8) is 0 Å². The van der Waals surface area contributed by atoms with Gasteiger partial charge in [-0.2, -0.15) is 0 Å². The van der Waals surface area contributed by atoms with Gasteiger partial charge >= 0.3 is 0 Å². The van der Waals surface area contributed by atoms with Crippen LogP contribution in [0.5, 0.6) is 17.4 Å². The summed E-state index contributed by atoms with van der Waals surface area (Å²) >= 11 is 0. The smallest absolute Gasteiger partial charge is 0.248 e. The zero-order valence-electron chi connectivity index (χ0n) is 19.1. The number of nitrogens with one attached hydrogen (secondary N) is 1. The van der Waals surface area contributed by atoms with Crippen molar-refractivity contribution < 1.29 is 28.3 Å². The van der Waals surface area contributed by atoms with Gasteiger partial charge in [-0.05, 0) is 49.8 Å². The number of rotatable bonds is 11. The van der Waals surface area contributed by atoms with E-state index in [2.05, 4.69) is 15.5 Å². The van der Waals surface area contributed by atoms with Crippen molar-refractivity contribution in [3.8, 4) is 17.4 Å². The second-order valence-electron chi connectivity index (χ2n) is 7.02. The van der Waals surface area contributed by atoms with Gasteiger partial charge < -0.3 is 28.8 Å². The predicted octanol–water partition coefficient (Wildman–Crippen LogP) is 3.95. The van der Waals surface area contributed by atoms with Crippen molar-refractivity contribution in [2.75, 3.05) is 32.8 Å². The Hall–Kier alpha value is -3.85. The van der Waals surface area contributed by atoms with E-state index in [4.69, 9.17) is 23.5 Å². The largest absolute Gasteiger partial charge is 0.493 e. The van der Waals surface area contributed by atoms with Crippen LogP contribution in [0.3, 0.4) is 0 Å². The number of carbonyl (C=O) groups excluding carboxylic acids is 1. The van der Waals surface area contributed by atoms with Gasteiger partial charge in [0.2, 0.25) is 11.8 Å². The summed E-state index contributed by atoms with van der Waals surface area (Å²) in [6.45, 7) is 4.77. The summed E-state index contributed by atoms with van der Waals surface area (Å²) in [6, 6.07) is 8.84. The van der Waals surface area contributed by atoms with Crippen molar-refractivity contribution in [2.45, 2.75) is 20.5 Å². The maximum Gasteiger partial charge on any atom is 0.248 e. The van der Waals surface area contributed by atoms with Gasteiger partial charge in [0.25, 0.3) is 0 Å². The van der Waals surface area contributed by atoms with Crippen LogP contribution >= 0.6 is 0 Å². The van der Waals surface area contributed by atoms with E-state index in [1.54, 1.807) is 50.8 Å². The van der Waals surface area contributed by atoms with E-state index < -0.39 is 0 Å². The zero-order valence-corrected chi connectivity index (χ0v) is 19.1. The molecule has 3 rings (SSSR count). The average molecular weight is 453 g/mol. The van der Waals surface area contributed by atoms with Crippen LogP contribution in [0, 0.1) is 13.8 Å². The Kier molecular flexibility index (Phi) is 8.43. The van der Waals surface area contributed by atoms with Gasteiger partial charge in [0.15, 0.2) is 11.5 Å². The lowest BCUT2D eigenvalue weighted by Crippen LogP contribution is -2.12. The molecule has 174 valence electrons. The number of benzene rings is 1. The number of aryl methyl sites for hydroxylation is 2. The minimum absolute atomic E-state index is 0.314. The molecule has 1 N–H and O–H groups in total. The van der Waals surface area contributed by atoms with Gasteiger partial charge in [-0.15, -0.1) is 0 Å². The highest BCUT2D eigenvalue weighted by molar-refractivity contribution is 6.02. The van der Waals surface area contributed by atoms with Crippen molar-refractivity contribution in [1.29, 1.82) is 0 Å². The standard InChI is InChI=1S/C24H27N3O6/c1-16-19(17(2)33-27-16)15-32-21-9-7-18(14-22(21)30-4)8-10-23(28)26-20-6-5-11-25-24(20)31-13-12-29-3/h5-11,14H,12-13,15H2,1-4H3,(H,26,28)/b10-8+. The first-order valence-electron chi connectivity index (χ1n) is 10.3. The average Bonchev–Trinajstić information content (AvgIpc) is 3.14. The van der Waals surface area contributed by atoms with Gasteiger partial charge in [-0.3, -0.25) is 4.79 Å². The molecule has 1 amide bonds. The number of carbonyl (C=O) groups is 1. The maximum atomic E-state index is 12.4. The Morgan fingerprint density at radius 1 is 1.12 bits per heavy atom. The van der Waals surface area contributed by atoms with E-state index >= 15 is 0 Å². The quantitative estimate of drug-likeness (QED) is 0.344. The highest BCUT2D eigenvalue weighted by Gasteiger charge is 2.12. The number of amides is 1. The van der Waals surface area contributed by atoms with Gasteiger partial charge in [0.05, 0.1) is 25.0 Å². The molecule has 9 nitrogen and oxygen atoms in total. The number of pyridine rings is 1. The second kappa shape index (κ2) is 11.7. The normalized spacial score (nSPS) is 10.9. The lowest BCUT2D eigenvalue weighted by molar-refractivity contribution is -0.111. The van der Waals surface area contributed by atoms with Crippen LogP contribution in [0.1, 0.15) is 22.6 Å². The zero-order chi connectivity index (χ0) is 23.6. The molecule has 0 saturated heterocycles. The summed E-state index contributed by atoms with van der Waals surface area (Å²) in [4.78, 5) is 16.6. The Morgan fingerprint density at radius 2 is 1.97 bits per heavy atom. The molecule has 0 aliphatic carbocycles. The number of aromatic nitrogens is 2. The van der Waals surface area contributed by atoms with Crippen molar-refractivity contribution >= 4 is 17.7 Å². The molecular formula is C24H27N3O6. The van der Waals surface area contributed by atoms with Crippen LogP contribution in [0.15, 0.2) is 47.1 Å². The Morgan fingerprint density at radius 3 is 2.70 bits per heavy atom. The van der Waals surface area contributed by atoms with E-state index in [1.807, 2.05) is 19.9 Å². The van der Waals surface area contributed by atoms with Crippen LogP contribution in [0.25, 0.3) is 6.08 Å². The van der Waals surface area contributed by atoms with Gasteiger partial charge in [0.1, 0.15) is 24.7 Å². The molecule has 0 unspecified atom stereocenters. The fraction of sp³-hybridized carbons (Fsp3) is 0.292.